The minimum atomic E-state index is 0.0774. The van der Waals surface area contributed by atoms with E-state index in [9.17, 15) is 0 Å². The molecule has 4 N–H and O–H groups in total. The van der Waals surface area contributed by atoms with Crippen molar-refractivity contribution in [2.24, 2.45) is 16.8 Å². The Kier molecular flexibility index (Phi) is 3.30. The Morgan fingerprint density at radius 1 is 1.54 bits per heavy atom. The Morgan fingerprint density at radius 3 is 2.77 bits per heavy atom. The van der Waals surface area contributed by atoms with E-state index in [1.165, 1.54) is 12.3 Å². The highest BCUT2D eigenvalue weighted by molar-refractivity contribution is 6.41. The second-order valence-electron chi connectivity index (χ2n) is 2.08. The molecule has 0 amide bonds. The van der Waals surface area contributed by atoms with Crippen LogP contribution < -0.4 is 11.6 Å². The van der Waals surface area contributed by atoms with Gasteiger partial charge in [0.2, 0.25) is 0 Å². The van der Waals surface area contributed by atoms with Crippen LogP contribution in [0.15, 0.2) is 17.4 Å². The van der Waals surface area contributed by atoms with Gasteiger partial charge in [0.05, 0.1) is 5.02 Å². The molecule has 13 heavy (non-hydrogen) atoms. The molecule has 0 spiro atoms. The van der Waals surface area contributed by atoms with Crippen LogP contribution in [0.25, 0.3) is 0 Å². The standard InChI is InChI=1S/C6H6Cl2N4O/c7-4-1-3(2-11-5(4)8)6(9)12-13-10/h1-2H,10H2,(H2,9,12). The molecular formula is C6H6Cl2N4O. The van der Waals surface area contributed by atoms with Gasteiger partial charge in [-0.3, -0.25) is 0 Å². The Hall–Kier alpha value is -1.04. The largest absolute Gasteiger partial charge is 0.380 e. The number of nitrogens with zero attached hydrogens (tertiary/aromatic N) is 2. The Labute approximate surface area is 84.2 Å². The average molecular weight is 221 g/mol. The molecule has 0 aliphatic heterocycles. The molecule has 0 aliphatic rings. The van der Waals surface area contributed by atoms with Gasteiger partial charge in [-0.15, -0.1) is 5.90 Å². The van der Waals surface area contributed by atoms with E-state index in [2.05, 4.69) is 21.0 Å². The molecule has 1 aromatic heterocycles. The molecule has 0 bridgehead atoms. The molecule has 0 unspecified atom stereocenters. The SMILES string of the molecule is NO/N=C(\N)c1cnc(Cl)c(Cl)c1. The van der Waals surface area contributed by atoms with Crippen molar-refractivity contribution in [2.45, 2.75) is 0 Å². The van der Waals surface area contributed by atoms with Crippen LogP contribution in [0.2, 0.25) is 10.2 Å². The maximum atomic E-state index is 5.68. The van der Waals surface area contributed by atoms with Crippen LogP contribution in [0.4, 0.5) is 0 Å². The molecule has 0 aromatic carbocycles. The molecular weight excluding hydrogens is 215 g/mol. The number of nitrogens with two attached hydrogens (primary N) is 2. The normalized spacial score (nSPS) is 11.5. The van der Waals surface area contributed by atoms with Crippen LogP contribution in [-0.4, -0.2) is 10.8 Å². The van der Waals surface area contributed by atoms with Crippen LogP contribution in [0, 0.1) is 0 Å². The van der Waals surface area contributed by atoms with Gasteiger partial charge in [0, 0.05) is 11.8 Å². The molecule has 1 heterocycles. The number of hydrogen-bond acceptors (Lipinski definition) is 4. The van der Waals surface area contributed by atoms with E-state index in [1.807, 2.05) is 0 Å². The highest BCUT2D eigenvalue weighted by Crippen LogP contribution is 2.19. The van der Waals surface area contributed by atoms with Crippen LogP contribution in [0.1, 0.15) is 5.56 Å². The summed E-state index contributed by atoms with van der Waals surface area (Å²) in [5.41, 5.74) is 5.91. The van der Waals surface area contributed by atoms with Crippen molar-refractivity contribution in [2.75, 3.05) is 0 Å². The first kappa shape index (κ1) is 10.0. The van der Waals surface area contributed by atoms with Gasteiger partial charge in [0.1, 0.15) is 5.15 Å². The van der Waals surface area contributed by atoms with Crippen molar-refractivity contribution in [1.29, 1.82) is 0 Å². The second kappa shape index (κ2) is 4.27. The molecule has 0 saturated heterocycles. The maximum Gasteiger partial charge on any atom is 0.174 e. The molecule has 0 aliphatic carbocycles. The monoisotopic (exact) mass is 220 g/mol. The van der Waals surface area contributed by atoms with Crippen molar-refractivity contribution >= 4 is 29.0 Å². The number of rotatable bonds is 2. The number of halogens is 2. The van der Waals surface area contributed by atoms with Crippen LogP contribution in [0.5, 0.6) is 0 Å². The van der Waals surface area contributed by atoms with Crippen molar-refractivity contribution < 1.29 is 4.94 Å². The molecule has 0 fully saturated rings. The minimum Gasteiger partial charge on any atom is -0.380 e. The lowest BCUT2D eigenvalue weighted by Gasteiger charge is -1.99. The number of hydrogen-bond donors (Lipinski definition) is 2. The minimum absolute atomic E-state index is 0.0774. The van der Waals surface area contributed by atoms with Gasteiger partial charge < -0.3 is 10.7 Å². The fourth-order valence-corrected chi connectivity index (χ4v) is 0.940. The number of oxime groups is 1. The van der Waals surface area contributed by atoms with Crippen molar-refractivity contribution in [3.63, 3.8) is 0 Å². The fourth-order valence-electron chi connectivity index (χ4n) is 0.671. The summed E-state index contributed by atoms with van der Waals surface area (Å²) in [5, 5.41) is 3.78. The van der Waals surface area contributed by atoms with E-state index in [0.29, 0.717) is 5.56 Å². The third-order valence-corrected chi connectivity index (χ3v) is 1.93. The van der Waals surface area contributed by atoms with Gasteiger partial charge in [0.15, 0.2) is 5.84 Å². The highest BCUT2D eigenvalue weighted by atomic mass is 35.5. The van der Waals surface area contributed by atoms with Gasteiger partial charge in [0.25, 0.3) is 0 Å². The zero-order valence-electron chi connectivity index (χ0n) is 6.37. The van der Waals surface area contributed by atoms with Crippen LogP contribution >= 0.6 is 23.2 Å². The summed E-state index contributed by atoms with van der Waals surface area (Å²) >= 11 is 11.3. The predicted octanol–water partition coefficient (Wildman–Crippen LogP) is 0.899. The maximum absolute atomic E-state index is 5.68. The van der Waals surface area contributed by atoms with Gasteiger partial charge in [-0.05, 0) is 11.2 Å². The number of pyridine rings is 1. The smallest absolute Gasteiger partial charge is 0.174 e. The Bertz CT molecular complexity index is 341. The molecule has 1 aromatic rings. The van der Waals surface area contributed by atoms with Crippen molar-refractivity contribution in [1.82, 2.24) is 4.98 Å². The van der Waals surface area contributed by atoms with Gasteiger partial charge in [-0.25, -0.2) is 4.98 Å². The summed E-state index contributed by atoms with van der Waals surface area (Å²) in [4.78, 5) is 7.75. The predicted molar refractivity (Wildman–Crippen MR) is 50.3 cm³/mol. The Balaban J connectivity index is 3.04. The molecule has 70 valence electrons. The summed E-state index contributed by atoms with van der Waals surface area (Å²) in [7, 11) is 0. The van der Waals surface area contributed by atoms with Crippen LogP contribution in [-0.2, 0) is 4.94 Å². The number of aromatic nitrogens is 1. The van der Waals surface area contributed by atoms with Crippen LogP contribution in [0.3, 0.4) is 0 Å². The first-order valence-corrected chi connectivity index (χ1v) is 3.91. The molecule has 0 atom stereocenters. The summed E-state index contributed by atoms with van der Waals surface area (Å²) < 4.78 is 0. The van der Waals surface area contributed by atoms with E-state index >= 15 is 0 Å². The first-order valence-electron chi connectivity index (χ1n) is 3.16. The molecule has 0 saturated carbocycles. The quantitative estimate of drug-likeness (QED) is 0.336. The van der Waals surface area contributed by atoms with E-state index in [0.717, 1.165) is 0 Å². The Morgan fingerprint density at radius 2 is 2.23 bits per heavy atom. The topological polar surface area (TPSA) is 86.5 Å². The molecule has 0 radical (unpaired) electrons. The third kappa shape index (κ3) is 2.45. The van der Waals surface area contributed by atoms with E-state index in [1.54, 1.807) is 0 Å². The molecule has 1 rings (SSSR count). The second-order valence-corrected chi connectivity index (χ2v) is 2.84. The fraction of sp³-hybridized carbons (Fsp3) is 0. The van der Waals surface area contributed by atoms with Crippen molar-refractivity contribution in [3.05, 3.63) is 28.0 Å². The van der Waals surface area contributed by atoms with Gasteiger partial charge in [-0.2, -0.15) is 0 Å². The van der Waals surface area contributed by atoms with E-state index in [-0.39, 0.29) is 16.0 Å². The van der Waals surface area contributed by atoms with Gasteiger partial charge in [-0.1, -0.05) is 23.2 Å². The summed E-state index contributed by atoms with van der Waals surface area (Å²) in [5.74, 6) is 4.77. The summed E-state index contributed by atoms with van der Waals surface area (Å²) in [6.07, 6.45) is 1.41. The lowest BCUT2D eigenvalue weighted by molar-refractivity contribution is 0.148. The molecule has 5 nitrogen and oxygen atoms in total. The lowest BCUT2D eigenvalue weighted by atomic mass is 10.3. The molecule has 7 heteroatoms. The summed E-state index contributed by atoms with van der Waals surface area (Å²) in [6.45, 7) is 0. The number of amidine groups is 1. The third-order valence-electron chi connectivity index (χ3n) is 1.24. The highest BCUT2D eigenvalue weighted by Gasteiger charge is 2.04. The van der Waals surface area contributed by atoms with Gasteiger partial charge >= 0.3 is 0 Å². The van der Waals surface area contributed by atoms with Crippen molar-refractivity contribution in [3.8, 4) is 0 Å². The van der Waals surface area contributed by atoms with E-state index in [4.69, 9.17) is 28.9 Å². The lowest BCUT2D eigenvalue weighted by Crippen LogP contribution is -2.15. The zero-order chi connectivity index (χ0) is 9.84. The zero-order valence-corrected chi connectivity index (χ0v) is 7.88. The van der Waals surface area contributed by atoms with E-state index < -0.39 is 0 Å². The summed E-state index contributed by atoms with van der Waals surface area (Å²) in [6, 6.07) is 1.51. The average Bonchev–Trinajstić information content (AvgIpc) is 2.10. The first-order chi connectivity index (χ1) is 6.15.